The van der Waals surface area contributed by atoms with Crippen molar-refractivity contribution >= 4 is 11.6 Å². The van der Waals surface area contributed by atoms with Gasteiger partial charge in [0, 0.05) is 24.2 Å². The molecule has 0 heterocycles. The first-order valence-electron chi connectivity index (χ1n) is 9.42. The molecule has 0 aliphatic heterocycles. The van der Waals surface area contributed by atoms with Gasteiger partial charge in [-0.2, -0.15) is 0 Å². The van der Waals surface area contributed by atoms with E-state index in [1.54, 1.807) is 0 Å². The summed E-state index contributed by atoms with van der Waals surface area (Å²) in [5.74, 6) is 4.02. The van der Waals surface area contributed by atoms with Gasteiger partial charge in [-0.15, -0.1) is 0 Å². The normalized spacial score (nSPS) is 54.6. The Hall–Kier alpha value is -0.660. The Morgan fingerprint density at radius 2 is 1.77 bits per heavy atom. The van der Waals surface area contributed by atoms with Crippen molar-refractivity contribution in [2.24, 2.45) is 40.4 Å². The zero-order chi connectivity index (χ0) is 15.7. The largest absolute Gasteiger partial charge is 0.299 e. The summed E-state index contributed by atoms with van der Waals surface area (Å²) in [5, 5.41) is 0. The minimum absolute atomic E-state index is 0.0134. The summed E-state index contributed by atoms with van der Waals surface area (Å²) in [7, 11) is 0. The molecule has 4 aliphatic rings. The number of fused-ring (bicyclic) bond motifs is 5. The minimum Gasteiger partial charge on any atom is -0.299 e. The molecule has 122 valence electrons. The Morgan fingerprint density at radius 3 is 2.55 bits per heavy atom. The molecule has 0 aromatic carbocycles. The van der Waals surface area contributed by atoms with Crippen LogP contribution in [0.3, 0.4) is 0 Å². The fourth-order valence-corrected chi connectivity index (χ4v) is 7.18. The van der Waals surface area contributed by atoms with E-state index in [-0.39, 0.29) is 11.3 Å². The average molecular weight is 302 g/mol. The molecule has 0 N–H and O–H groups in total. The highest BCUT2D eigenvalue weighted by Gasteiger charge is 2.60. The quantitative estimate of drug-likeness (QED) is 0.664. The molecule has 0 saturated heterocycles. The first-order valence-corrected chi connectivity index (χ1v) is 9.42. The number of Topliss-reactive ketones (excluding diaryl/α,β-unsaturated/α-hetero) is 2. The molecule has 0 aromatic rings. The Morgan fingerprint density at radius 1 is 1.00 bits per heavy atom. The lowest BCUT2D eigenvalue weighted by molar-refractivity contribution is -0.149. The number of carbonyl (C=O) groups excluding carboxylic acids is 2. The summed E-state index contributed by atoms with van der Waals surface area (Å²) in [6, 6.07) is 0. The van der Waals surface area contributed by atoms with Crippen LogP contribution >= 0.6 is 0 Å². The van der Waals surface area contributed by atoms with Gasteiger partial charge in [-0.05, 0) is 67.6 Å². The SMILES string of the molecule is CC1C[C@@]2(C)C(CCC3C2CC[C@]2(C)C(=O)CCC32)CC1=O. The van der Waals surface area contributed by atoms with Crippen LogP contribution in [0.25, 0.3) is 0 Å². The van der Waals surface area contributed by atoms with Crippen LogP contribution in [-0.4, -0.2) is 11.6 Å². The molecule has 0 aromatic heterocycles. The lowest BCUT2D eigenvalue weighted by Crippen LogP contribution is -2.54. The zero-order valence-electron chi connectivity index (χ0n) is 14.4. The molecular weight excluding hydrogens is 272 g/mol. The summed E-state index contributed by atoms with van der Waals surface area (Å²) in [6.45, 7) is 6.88. The van der Waals surface area contributed by atoms with E-state index >= 15 is 0 Å². The fourth-order valence-electron chi connectivity index (χ4n) is 7.18. The van der Waals surface area contributed by atoms with Gasteiger partial charge in [0.15, 0.2) is 0 Å². The Bertz CT molecular complexity index is 524. The molecule has 0 spiro atoms. The van der Waals surface area contributed by atoms with E-state index < -0.39 is 0 Å². The van der Waals surface area contributed by atoms with Crippen LogP contribution in [0, 0.1) is 40.4 Å². The highest BCUT2D eigenvalue weighted by Crippen LogP contribution is 2.65. The highest BCUT2D eigenvalue weighted by molar-refractivity contribution is 5.87. The molecule has 4 aliphatic carbocycles. The molecule has 4 rings (SSSR count). The molecule has 4 fully saturated rings. The fraction of sp³-hybridized carbons (Fsp3) is 0.900. The molecule has 22 heavy (non-hydrogen) atoms. The molecule has 0 amide bonds. The van der Waals surface area contributed by atoms with Gasteiger partial charge in [-0.1, -0.05) is 20.8 Å². The van der Waals surface area contributed by atoms with Crippen LogP contribution in [-0.2, 0) is 9.59 Å². The highest BCUT2D eigenvalue weighted by atomic mass is 16.1. The smallest absolute Gasteiger partial charge is 0.139 e. The summed E-state index contributed by atoms with van der Waals surface area (Å²) >= 11 is 0. The number of carbonyl (C=O) groups is 2. The summed E-state index contributed by atoms with van der Waals surface area (Å²) in [6.07, 6.45) is 8.67. The second-order valence-electron chi connectivity index (χ2n) is 9.35. The van der Waals surface area contributed by atoms with Crippen LogP contribution in [0.1, 0.15) is 72.1 Å². The van der Waals surface area contributed by atoms with Crippen molar-refractivity contribution < 1.29 is 9.59 Å². The lowest BCUT2D eigenvalue weighted by atomic mass is 9.44. The van der Waals surface area contributed by atoms with Crippen molar-refractivity contribution in [3.8, 4) is 0 Å². The first kappa shape index (κ1) is 14.9. The second-order valence-corrected chi connectivity index (χ2v) is 9.35. The van der Waals surface area contributed by atoms with Gasteiger partial charge in [0.05, 0.1) is 0 Å². The van der Waals surface area contributed by atoms with E-state index in [0.717, 1.165) is 43.9 Å². The van der Waals surface area contributed by atoms with Crippen molar-refractivity contribution in [2.45, 2.75) is 72.1 Å². The van der Waals surface area contributed by atoms with Crippen LogP contribution in [0.4, 0.5) is 0 Å². The molecule has 2 heteroatoms. The van der Waals surface area contributed by atoms with Gasteiger partial charge >= 0.3 is 0 Å². The van der Waals surface area contributed by atoms with Gasteiger partial charge in [0.1, 0.15) is 11.6 Å². The number of rotatable bonds is 0. The van der Waals surface area contributed by atoms with E-state index in [4.69, 9.17) is 0 Å². The van der Waals surface area contributed by atoms with Crippen LogP contribution < -0.4 is 0 Å². The third-order valence-electron chi connectivity index (χ3n) is 8.52. The molecule has 7 atom stereocenters. The lowest BCUT2D eigenvalue weighted by Gasteiger charge is -2.60. The Labute approximate surface area is 134 Å². The van der Waals surface area contributed by atoms with Crippen LogP contribution in [0.5, 0.6) is 0 Å². The zero-order valence-corrected chi connectivity index (χ0v) is 14.4. The molecule has 2 nitrogen and oxygen atoms in total. The van der Waals surface area contributed by atoms with Crippen molar-refractivity contribution in [2.75, 3.05) is 0 Å². The van der Waals surface area contributed by atoms with Crippen molar-refractivity contribution in [3.63, 3.8) is 0 Å². The van der Waals surface area contributed by atoms with Gasteiger partial charge < -0.3 is 0 Å². The summed E-state index contributed by atoms with van der Waals surface area (Å²) < 4.78 is 0. The predicted molar refractivity (Wildman–Crippen MR) is 86.3 cm³/mol. The van der Waals surface area contributed by atoms with Crippen molar-refractivity contribution in [1.29, 1.82) is 0 Å². The topological polar surface area (TPSA) is 34.1 Å². The van der Waals surface area contributed by atoms with E-state index in [0.29, 0.717) is 28.8 Å². The first-order chi connectivity index (χ1) is 10.4. The third-order valence-corrected chi connectivity index (χ3v) is 8.52. The molecule has 4 saturated carbocycles. The molecular formula is C20H30O2. The predicted octanol–water partition coefficient (Wildman–Crippen LogP) is 4.41. The molecule has 0 radical (unpaired) electrons. The third kappa shape index (κ3) is 1.79. The van der Waals surface area contributed by atoms with E-state index in [9.17, 15) is 9.59 Å². The average Bonchev–Trinajstić information content (AvgIpc) is 2.77. The maximum absolute atomic E-state index is 12.4. The van der Waals surface area contributed by atoms with E-state index in [2.05, 4.69) is 20.8 Å². The Kier molecular flexibility index (Phi) is 3.17. The minimum atomic E-state index is -0.0134. The van der Waals surface area contributed by atoms with Crippen molar-refractivity contribution in [3.05, 3.63) is 0 Å². The van der Waals surface area contributed by atoms with Gasteiger partial charge in [-0.3, -0.25) is 9.59 Å². The number of ketones is 2. The Balaban J connectivity index is 1.66. The van der Waals surface area contributed by atoms with Gasteiger partial charge in [-0.25, -0.2) is 0 Å². The van der Waals surface area contributed by atoms with E-state index in [1.165, 1.54) is 19.3 Å². The van der Waals surface area contributed by atoms with Gasteiger partial charge in [0.2, 0.25) is 0 Å². The van der Waals surface area contributed by atoms with E-state index in [1.807, 2.05) is 0 Å². The maximum atomic E-state index is 12.4. The van der Waals surface area contributed by atoms with Crippen LogP contribution in [0.2, 0.25) is 0 Å². The summed E-state index contributed by atoms with van der Waals surface area (Å²) in [5.41, 5.74) is 0.337. The van der Waals surface area contributed by atoms with Crippen LogP contribution in [0.15, 0.2) is 0 Å². The standard InChI is InChI=1S/C20H30O2/c1-12-11-20(3)13(10-17(12)21)4-5-14-15-6-7-18(22)19(15,2)9-8-16(14)20/h12-16H,4-11H2,1-3H3/t12?,13?,14?,15?,16?,19-,20-/m0/s1. The summed E-state index contributed by atoms with van der Waals surface area (Å²) in [4.78, 5) is 24.6. The molecule has 0 bridgehead atoms. The maximum Gasteiger partial charge on any atom is 0.139 e. The number of hydrogen-bond acceptors (Lipinski definition) is 2. The molecule has 5 unspecified atom stereocenters. The van der Waals surface area contributed by atoms with Gasteiger partial charge in [0.25, 0.3) is 0 Å². The van der Waals surface area contributed by atoms with Crippen molar-refractivity contribution in [1.82, 2.24) is 0 Å². The monoisotopic (exact) mass is 302 g/mol. The second kappa shape index (κ2) is 4.68. The number of hydrogen-bond donors (Lipinski definition) is 0.